The van der Waals surface area contributed by atoms with Gasteiger partial charge < -0.3 is 15.1 Å². The topological polar surface area (TPSA) is 52.7 Å². The van der Waals surface area contributed by atoms with E-state index in [0.29, 0.717) is 18.7 Å². The van der Waals surface area contributed by atoms with Crippen molar-refractivity contribution in [1.82, 2.24) is 15.1 Å². The summed E-state index contributed by atoms with van der Waals surface area (Å²) in [6, 6.07) is 15.7. The lowest BCUT2D eigenvalue weighted by Gasteiger charge is -2.45. The molecule has 2 atom stereocenters. The Balaban J connectivity index is 1.55. The van der Waals surface area contributed by atoms with Crippen LogP contribution in [0.2, 0.25) is 0 Å². The summed E-state index contributed by atoms with van der Waals surface area (Å²) in [5, 5.41) is 3.21. The molecule has 2 heterocycles. The van der Waals surface area contributed by atoms with Crippen LogP contribution in [0.4, 0.5) is 0 Å². The van der Waals surface area contributed by atoms with Gasteiger partial charge in [0.25, 0.3) is 5.91 Å². The fraction of sp³-hybridized carbons (Fsp3) is 0.481. The van der Waals surface area contributed by atoms with Crippen LogP contribution in [0.15, 0.2) is 48.5 Å². The third-order valence-electron chi connectivity index (χ3n) is 6.75. The van der Waals surface area contributed by atoms with Gasteiger partial charge in [-0.2, -0.15) is 0 Å². The molecule has 32 heavy (non-hydrogen) atoms. The fourth-order valence-electron chi connectivity index (χ4n) is 5.35. The van der Waals surface area contributed by atoms with Crippen molar-refractivity contribution >= 4 is 11.8 Å². The number of nitrogens with zero attached hydrogens (tertiary/aromatic N) is 2. The van der Waals surface area contributed by atoms with E-state index < -0.39 is 0 Å². The quantitative estimate of drug-likeness (QED) is 0.605. The van der Waals surface area contributed by atoms with Crippen molar-refractivity contribution in [3.8, 4) is 0 Å². The zero-order valence-electron chi connectivity index (χ0n) is 19.3. The zero-order valence-corrected chi connectivity index (χ0v) is 19.3. The maximum absolute atomic E-state index is 13.6. The van der Waals surface area contributed by atoms with Crippen LogP contribution in [0.25, 0.3) is 0 Å². The number of amides is 2. The van der Waals surface area contributed by atoms with Gasteiger partial charge in [-0.3, -0.25) is 9.59 Å². The first kappa shape index (κ1) is 22.5. The molecule has 2 aromatic carbocycles. The van der Waals surface area contributed by atoms with Crippen LogP contribution in [0, 0.1) is 0 Å². The molecule has 1 N–H and O–H groups in total. The lowest BCUT2D eigenvalue weighted by molar-refractivity contribution is -0.124. The summed E-state index contributed by atoms with van der Waals surface area (Å²) in [6.45, 7) is 8.94. The average Bonchev–Trinajstić information content (AvgIpc) is 2.82. The van der Waals surface area contributed by atoms with Crippen molar-refractivity contribution in [2.75, 3.05) is 32.7 Å². The fourth-order valence-corrected chi connectivity index (χ4v) is 5.35. The first-order valence-corrected chi connectivity index (χ1v) is 12.1. The van der Waals surface area contributed by atoms with Crippen molar-refractivity contribution in [1.29, 1.82) is 0 Å². The second kappa shape index (κ2) is 10.3. The van der Waals surface area contributed by atoms with Gasteiger partial charge in [0.15, 0.2) is 0 Å². The molecule has 5 nitrogen and oxygen atoms in total. The number of fused-ring (bicyclic) bond motifs is 4. The minimum atomic E-state index is -0.382. The third kappa shape index (κ3) is 4.44. The SMILES string of the molecule is CCCN(CCC)CCCNC(=O)[C@H]1c2ccccc2C(=O)N2CCc3ccccc3[C@H]12. The highest BCUT2D eigenvalue weighted by Crippen LogP contribution is 2.45. The number of hydrogen-bond donors (Lipinski definition) is 1. The molecule has 0 aromatic heterocycles. The number of carbonyl (C=O) groups excluding carboxylic acids is 2. The maximum Gasteiger partial charge on any atom is 0.254 e. The summed E-state index contributed by atoms with van der Waals surface area (Å²) in [6.07, 6.45) is 4.07. The summed E-state index contributed by atoms with van der Waals surface area (Å²) in [5.74, 6) is -0.319. The van der Waals surface area contributed by atoms with E-state index in [4.69, 9.17) is 0 Å². The molecule has 2 aliphatic rings. The van der Waals surface area contributed by atoms with Gasteiger partial charge in [-0.1, -0.05) is 56.3 Å². The van der Waals surface area contributed by atoms with E-state index in [1.807, 2.05) is 41.3 Å². The van der Waals surface area contributed by atoms with Crippen LogP contribution in [-0.4, -0.2) is 54.3 Å². The molecular formula is C27H35N3O2. The molecule has 5 heteroatoms. The standard InChI is InChI=1S/C27H35N3O2/c1-3-16-29(17-4-2)18-9-15-28-26(31)24-22-12-7-8-13-23(22)27(32)30-19-14-20-10-5-6-11-21(20)25(24)30/h5-8,10-13,24-25H,3-4,9,14-19H2,1-2H3,(H,28,31)/t24-,25+/m0/s1. The molecule has 0 unspecified atom stereocenters. The normalized spacial score (nSPS) is 19.3. The molecule has 0 radical (unpaired) electrons. The largest absolute Gasteiger partial charge is 0.355 e. The van der Waals surface area contributed by atoms with Gasteiger partial charge >= 0.3 is 0 Å². The van der Waals surface area contributed by atoms with E-state index in [0.717, 1.165) is 56.4 Å². The Morgan fingerprint density at radius 1 is 1.00 bits per heavy atom. The number of carbonyl (C=O) groups is 2. The van der Waals surface area contributed by atoms with Gasteiger partial charge in [-0.15, -0.1) is 0 Å². The van der Waals surface area contributed by atoms with Crippen LogP contribution >= 0.6 is 0 Å². The summed E-state index contributed by atoms with van der Waals surface area (Å²) < 4.78 is 0. The second-order valence-electron chi connectivity index (χ2n) is 8.94. The molecule has 2 amide bonds. The number of rotatable bonds is 9. The van der Waals surface area contributed by atoms with Gasteiger partial charge in [0.05, 0.1) is 12.0 Å². The second-order valence-corrected chi connectivity index (χ2v) is 8.94. The van der Waals surface area contributed by atoms with E-state index in [9.17, 15) is 9.59 Å². The highest BCUT2D eigenvalue weighted by atomic mass is 16.2. The Hall–Kier alpha value is -2.66. The number of benzene rings is 2. The van der Waals surface area contributed by atoms with E-state index in [2.05, 4.69) is 36.2 Å². The van der Waals surface area contributed by atoms with E-state index in [1.165, 1.54) is 5.56 Å². The molecule has 0 fully saturated rings. The van der Waals surface area contributed by atoms with Gasteiger partial charge in [-0.05, 0) is 68.1 Å². The van der Waals surface area contributed by atoms with Gasteiger partial charge in [0.1, 0.15) is 0 Å². The Morgan fingerprint density at radius 2 is 1.69 bits per heavy atom. The summed E-state index contributed by atoms with van der Waals surface area (Å²) in [7, 11) is 0. The highest BCUT2D eigenvalue weighted by molar-refractivity contribution is 6.01. The van der Waals surface area contributed by atoms with Crippen LogP contribution in [-0.2, 0) is 11.2 Å². The average molecular weight is 434 g/mol. The van der Waals surface area contributed by atoms with Gasteiger partial charge in [-0.25, -0.2) is 0 Å². The van der Waals surface area contributed by atoms with Gasteiger partial charge in [0.2, 0.25) is 5.91 Å². The smallest absolute Gasteiger partial charge is 0.254 e. The van der Waals surface area contributed by atoms with Crippen molar-refractivity contribution in [3.05, 3.63) is 70.8 Å². The molecule has 0 saturated heterocycles. The molecule has 0 spiro atoms. The number of nitrogens with one attached hydrogen (secondary N) is 1. The van der Waals surface area contributed by atoms with Crippen molar-refractivity contribution in [2.24, 2.45) is 0 Å². The Morgan fingerprint density at radius 3 is 2.44 bits per heavy atom. The zero-order chi connectivity index (χ0) is 22.5. The summed E-state index contributed by atoms with van der Waals surface area (Å²) in [4.78, 5) is 31.2. The minimum absolute atomic E-state index is 0.0224. The van der Waals surface area contributed by atoms with Crippen LogP contribution in [0.1, 0.15) is 72.1 Å². The molecule has 0 saturated carbocycles. The number of hydrogen-bond acceptors (Lipinski definition) is 3. The highest BCUT2D eigenvalue weighted by Gasteiger charge is 2.45. The summed E-state index contributed by atoms with van der Waals surface area (Å²) in [5.41, 5.74) is 3.87. The van der Waals surface area contributed by atoms with Crippen LogP contribution in [0.5, 0.6) is 0 Å². The van der Waals surface area contributed by atoms with Crippen LogP contribution < -0.4 is 5.32 Å². The maximum atomic E-state index is 13.6. The van der Waals surface area contributed by atoms with E-state index >= 15 is 0 Å². The summed E-state index contributed by atoms with van der Waals surface area (Å²) >= 11 is 0. The Kier molecular flexibility index (Phi) is 7.26. The minimum Gasteiger partial charge on any atom is -0.355 e. The van der Waals surface area contributed by atoms with Crippen molar-refractivity contribution in [3.63, 3.8) is 0 Å². The first-order valence-electron chi connectivity index (χ1n) is 12.1. The predicted octanol–water partition coefficient (Wildman–Crippen LogP) is 4.15. The molecule has 4 rings (SSSR count). The molecule has 170 valence electrons. The Bertz CT molecular complexity index is 951. The third-order valence-corrected chi connectivity index (χ3v) is 6.75. The monoisotopic (exact) mass is 433 g/mol. The van der Waals surface area contributed by atoms with E-state index in [1.54, 1.807) is 0 Å². The molecular weight excluding hydrogens is 398 g/mol. The van der Waals surface area contributed by atoms with Gasteiger partial charge in [0, 0.05) is 18.7 Å². The lowest BCUT2D eigenvalue weighted by Crippen LogP contribution is -2.50. The molecule has 2 aromatic rings. The molecule has 2 aliphatic heterocycles. The Labute approximate surface area is 191 Å². The van der Waals surface area contributed by atoms with E-state index in [-0.39, 0.29) is 23.8 Å². The lowest BCUT2D eigenvalue weighted by atomic mass is 9.76. The van der Waals surface area contributed by atoms with Crippen molar-refractivity contribution < 1.29 is 9.59 Å². The van der Waals surface area contributed by atoms with Crippen molar-refractivity contribution in [2.45, 2.75) is 51.5 Å². The molecule has 0 aliphatic carbocycles. The predicted molar refractivity (Wildman–Crippen MR) is 128 cm³/mol. The first-order chi connectivity index (χ1) is 15.7. The molecule has 0 bridgehead atoms. The van der Waals surface area contributed by atoms with Crippen LogP contribution in [0.3, 0.4) is 0 Å².